The van der Waals surface area contributed by atoms with E-state index >= 15 is 0 Å². The van der Waals surface area contributed by atoms with Crippen LogP contribution in [0, 0.1) is 5.82 Å². The molecule has 2 aromatic rings. The minimum absolute atomic E-state index is 0.181. The first-order chi connectivity index (χ1) is 13.9. The Kier molecular flexibility index (Phi) is 7.09. The molecule has 0 spiro atoms. The van der Waals surface area contributed by atoms with E-state index in [1.54, 1.807) is 25.2 Å². The molecule has 1 N–H and O–H groups in total. The van der Waals surface area contributed by atoms with E-state index in [0.717, 1.165) is 0 Å². The maximum Gasteiger partial charge on any atom is 0.220 e. The molecule has 1 saturated heterocycles. The maximum absolute atomic E-state index is 13.9. The van der Waals surface area contributed by atoms with Crippen molar-refractivity contribution >= 4 is 27.6 Å². The highest BCUT2D eigenvalue weighted by atomic mass is 35.5. The Bertz CT molecular complexity index is 924. The average Bonchev–Trinajstić information content (AvgIpc) is 3.20. The van der Waals surface area contributed by atoms with Crippen LogP contribution in [-0.4, -0.2) is 68.5 Å². The second-order valence-corrected chi connectivity index (χ2v) is 8.93. The quantitative estimate of drug-likeness (QED) is 0.540. The molecule has 0 bridgehead atoms. The van der Waals surface area contributed by atoms with Crippen LogP contribution in [0.4, 0.5) is 4.39 Å². The van der Waals surface area contributed by atoms with Gasteiger partial charge in [0, 0.05) is 56.4 Å². The SMILES string of the molecule is CN=C(NCCc1c(F)cccc1Cl)N1CCN(S(=O)(=O)Cc2ccon2)CC1. The van der Waals surface area contributed by atoms with E-state index in [1.807, 2.05) is 4.90 Å². The Morgan fingerprint density at radius 2 is 2.07 bits per heavy atom. The van der Waals surface area contributed by atoms with E-state index in [0.29, 0.717) is 61.4 Å². The van der Waals surface area contributed by atoms with Gasteiger partial charge < -0.3 is 14.7 Å². The molecule has 3 rings (SSSR count). The van der Waals surface area contributed by atoms with E-state index in [1.165, 1.54) is 16.6 Å². The lowest BCUT2D eigenvalue weighted by Crippen LogP contribution is -2.54. The van der Waals surface area contributed by atoms with Gasteiger partial charge in [-0.3, -0.25) is 4.99 Å². The largest absolute Gasteiger partial charge is 0.364 e. The molecular formula is C18H23ClFN5O3S. The fourth-order valence-electron chi connectivity index (χ4n) is 3.17. The first-order valence-electron chi connectivity index (χ1n) is 9.16. The van der Waals surface area contributed by atoms with Gasteiger partial charge in [0.2, 0.25) is 10.0 Å². The molecule has 0 saturated carbocycles. The Labute approximate surface area is 174 Å². The topological polar surface area (TPSA) is 91.0 Å². The summed E-state index contributed by atoms with van der Waals surface area (Å²) in [4.78, 5) is 6.23. The van der Waals surface area contributed by atoms with E-state index in [-0.39, 0.29) is 11.6 Å². The van der Waals surface area contributed by atoms with Gasteiger partial charge in [-0.25, -0.2) is 12.8 Å². The zero-order chi connectivity index (χ0) is 20.9. The fraction of sp³-hybridized carbons (Fsp3) is 0.444. The van der Waals surface area contributed by atoms with Gasteiger partial charge in [-0.1, -0.05) is 22.8 Å². The summed E-state index contributed by atoms with van der Waals surface area (Å²) < 4.78 is 45.1. The number of nitrogens with zero attached hydrogens (tertiary/aromatic N) is 4. The van der Waals surface area contributed by atoms with Crippen LogP contribution in [0.3, 0.4) is 0 Å². The minimum atomic E-state index is -3.46. The van der Waals surface area contributed by atoms with E-state index in [2.05, 4.69) is 15.5 Å². The van der Waals surface area contributed by atoms with Crippen LogP contribution in [-0.2, 0) is 22.2 Å². The van der Waals surface area contributed by atoms with Crippen molar-refractivity contribution in [1.82, 2.24) is 19.7 Å². The molecule has 1 aliphatic rings. The second-order valence-electron chi connectivity index (χ2n) is 6.56. The summed E-state index contributed by atoms with van der Waals surface area (Å²) in [6.45, 7) is 2.15. The van der Waals surface area contributed by atoms with Gasteiger partial charge in [-0.15, -0.1) is 0 Å². The van der Waals surface area contributed by atoms with Crippen molar-refractivity contribution in [3.05, 3.63) is 52.6 Å². The molecule has 1 fully saturated rings. The Morgan fingerprint density at radius 3 is 2.69 bits per heavy atom. The molecule has 1 aliphatic heterocycles. The number of hydrogen-bond acceptors (Lipinski definition) is 5. The molecule has 29 heavy (non-hydrogen) atoms. The van der Waals surface area contributed by atoms with Crippen LogP contribution in [0.25, 0.3) is 0 Å². The monoisotopic (exact) mass is 443 g/mol. The molecular weight excluding hydrogens is 421 g/mol. The lowest BCUT2D eigenvalue weighted by molar-refractivity contribution is 0.260. The third-order valence-corrected chi connectivity index (χ3v) is 6.85. The van der Waals surface area contributed by atoms with Crippen LogP contribution >= 0.6 is 11.6 Å². The number of guanidine groups is 1. The van der Waals surface area contributed by atoms with Crippen molar-refractivity contribution in [2.24, 2.45) is 4.99 Å². The van der Waals surface area contributed by atoms with E-state index in [9.17, 15) is 12.8 Å². The van der Waals surface area contributed by atoms with Gasteiger partial charge in [0.15, 0.2) is 5.96 Å². The predicted molar refractivity (Wildman–Crippen MR) is 109 cm³/mol. The molecule has 0 atom stereocenters. The van der Waals surface area contributed by atoms with Crippen molar-refractivity contribution in [1.29, 1.82) is 0 Å². The van der Waals surface area contributed by atoms with Gasteiger partial charge in [-0.05, 0) is 18.6 Å². The number of rotatable bonds is 6. The molecule has 11 heteroatoms. The minimum Gasteiger partial charge on any atom is -0.364 e. The number of hydrogen-bond donors (Lipinski definition) is 1. The van der Waals surface area contributed by atoms with Crippen LogP contribution in [0.5, 0.6) is 0 Å². The first-order valence-corrected chi connectivity index (χ1v) is 11.1. The van der Waals surface area contributed by atoms with Gasteiger partial charge >= 0.3 is 0 Å². The van der Waals surface area contributed by atoms with Crippen molar-refractivity contribution < 1.29 is 17.3 Å². The molecule has 0 amide bonds. The third kappa shape index (κ3) is 5.46. The van der Waals surface area contributed by atoms with Crippen molar-refractivity contribution in [2.45, 2.75) is 12.2 Å². The van der Waals surface area contributed by atoms with Crippen molar-refractivity contribution in [3.8, 4) is 0 Å². The van der Waals surface area contributed by atoms with Crippen LogP contribution in [0.2, 0.25) is 5.02 Å². The molecule has 0 unspecified atom stereocenters. The molecule has 1 aromatic carbocycles. The van der Waals surface area contributed by atoms with E-state index in [4.69, 9.17) is 16.1 Å². The number of benzene rings is 1. The van der Waals surface area contributed by atoms with Crippen LogP contribution < -0.4 is 5.32 Å². The molecule has 8 nitrogen and oxygen atoms in total. The predicted octanol–water partition coefficient (Wildman–Crippen LogP) is 1.73. The average molecular weight is 444 g/mol. The Balaban J connectivity index is 1.51. The summed E-state index contributed by atoms with van der Waals surface area (Å²) in [6, 6.07) is 6.16. The van der Waals surface area contributed by atoms with E-state index < -0.39 is 10.0 Å². The summed E-state index contributed by atoms with van der Waals surface area (Å²) in [5.74, 6) is 0.131. The summed E-state index contributed by atoms with van der Waals surface area (Å²) in [6.07, 6.45) is 1.77. The normalized spacial score (nSPS) is 16.2. The highest BCUT2D eigenvalue weighted by Crippen LogP contribution is 2.19. The molecule has 2 heterocycles. The summed E-state index contributed by atoms with van der Waals surface area (Å²) >= 11 is 6.06. The Morgan fingerprint density at radius 1 is 1.31 bits per heavy atom. The fourth-order valence-corrected chi connectivity index (χ4v) is 4.85. The summed E-state index contributed by atoms with van der Waals surface area (Å²) in [5, 5.41) is 7.26. The summed E-state index contributed by atoms with van der Waals surface area (Å²) in [7, 11) is -1.80. The second kappa shape index (κ2) is 9.55. The zero-order valence-electron chi connectivity index (χ0n) is 16.0. The van der Waals surface area contributed by atoms with Gasteiger partial charge in [-0.2, -0.15) is 4.31 Å². The number of piperazine rings is 1. The highest BCUT2D eigenvalue weighted by molar-refractivity contribution is 7.88. The molecule has 0 radical (unpaired) electrons. The number of aliphatic imine (C=N–C) groups is 1. The number of aromatic nitrogens is 1. The van der Waals surface area contributed by atoms with Crippen molar-refractivity contribution in [2.75, 3.05) is 39.8 Å². The molecule has 1 aromatic heterocycles. The summed E-state index contributed by atoms with van der Waals surface area (Å²) in [5.41, 5.74) is 0.845. The molecule has 0 aliphatic carbocycles. The van der Waals surface area contributed by atoms with Gasteiger partial charge in [0.25, 0.3) is 0 Å². The van der Waals surface area contributed by atoms with Crippen molar-refractivity contribution in [3.63, 3.8) is 0 Å². The maximum atomic E-state index is 13.9. The zero-order valence-corrected chi connectivity index (χ0v) is 17.6. The van der Waals surface area contributed by atoms with Crippen LogP contribution in [0.1, 0.15) is 11.3 Å². The lowest BCUT2D eigenvalue weighted by atomic mass is 10.1. The number of nitrogens with one attached hydrogen (secondary N) is 1. The number of halogens is 2. The third-order valence-electron chi connectivity index (χ3n) is 4.68. The number of sulfonamides is 1. The van der Waals surface area contributed by atoms with Gasteiger partial charge in [0.05, 0.1) is 5.69 Å². The van der Waals surface area contributed by atoms with Crippen LogP contribution in [0.15, 0.2) is 40.0 Å². The Hall–Kier alpha value is -2.17. The lowest BCUT2D eigenvalue weighted by Gasteiger charge is -2.35. The highest BCUT2D eigenvalue weighted by Gasteiger charge is 2.29. The standard InChI is InChI=1S/C18H23ClFN5O3S/c1-21-18(22-7-5-15-16(19)3-2-4-17(15)20)24-8-10-25(11-9-24)29(26,27)13-14-6-12-28-23-14/h2-4,6,12H,5,7-11,13H2,1H3,(H,21,22). The first kappa shape index (κ1) is 21.5. The van der Waals surface area contributed by atoms with Gasteiger partial charge in [0.1, 0.15) is 17.8 Å². The molecule has 158 valence electrons. The smallest absolute Gasteiger partial charge is 0.220 e.